The van der Waals surface area contributed by atoms with Crippen LogP contribution in [-0.4, -0.2) is 25.5 Å². The van der Waals surface area contributed by atoms with Crippen LogP contribution in [0.1, 0.15) is 37.6 Å². The van der Waals surface area contributed by atoms with Crippen molar-refractivity contribution in [2.24, 2.45) is 0 Å². The Labute approximate surface area is 132 Å². The molecule has 2 aromatic rings. The molecule has 2 rings (SSSR count). The number of nitrogens with one attached hydrogen (secondary N) is 1. The van der Waals surface area contributed by atoms with Crippen LogP contribution in [0, 0.1) is 6.92 Å². The summed E-state index contributed by atoms with van der Waals surface area (Å²) in [5.74, 6) is 0.0118. The molecule has 1 amide bonds. The third-order valence-corrected chi connectivity index (χ3v) is 3.86. The van der Waals surface area contributed by atoms with E-state index in [-0.39, 0.29) is 11.9 Å². The first-order valence-electron chi connectivity index (χ1n) is 7.01. The van der Waals surface area contributed by atoms with E-state index >= 15 is 0 Å². The van der Waals surface area contributed by atoms with E-state index in [1.54, 1.807) is 10.9 Å². The Kier molecular flexibility index (Phi) is 5.17. The molecule has 0 aliphatic rings. The first-order chi connectivity index (χ1) is 10.0. The van der Waals surface area contributed by atoms with E-state index < -0.39 is 0 Å². The molecule has 21 heavy (non-hydrogen) atoms. The van der Waals surface area contributed by atoms with Gasteiger partial charge in [-0.25, -0.2) is 0 Å². The van der Waals surface area contributed by atoms with Crippen LogP contribution in [0.25, 0.3) is 0 Å². The van der Waals surface area contributed by atoms with Gasteiger partial charge in [0.25, 0.3) is 0 Å². The minimum absolute atomic E-state index is 0.0118. The average molecular weight is 354 g/mol. The van der Waals surface area contributed by atoms with Gasteiger partial charge in [0.15, 0.2) is 0 Å². The SMILES string of the molecule is CCn1ncc(C(C)NC(=O)CCn2cc(Br)cn2)c1C. The fourth-order valence-electron chi connectivity index (χ4n) is 2.27. The maximum absolute atomic E-state index is 12.0. The Morgan fingerprint density at radius 2 is 2.19 bits per heavy atom. The zero-order chi connectivity index (χ0) is 15.4. The summed E-state index contributed by atoms with van der Waals surface area (Å²) in [5.41, 5.74) is 2.16. The number of nitrogens with zero attached hydrogens (tertiary/aromatic N) is 4. The second-order valence-electron chi connectivity index (χ2n) is 4.96. The summed E-state index contributed by atoms with van der Waals surface area (Å²) in [6.07, 6.45) is 5.79. The quantitative estimate of drug-likeness (QED) is 0.867. The fraction of sp³-hybridized carbons (Fsp3) is 0.500. The zero-order valence-corrected chi connectivity index (χ0v) is 14.1. The number of carbonyl (C=O) groups excluding carboxylic acids is 1. The molecule has 0 spiro atoms. The molecule has 1 unspecified atom stereocenters. The molecule has 1 atom stereocenters. The van der Waals surface area contributed by atoms with Gasteiger partial charge in [-0.05, 0) is 36.7 Å². The number of rotatable bonds is 6. The van der Waals surface area contributed by atoms with E-state index in [1.165, 1.54) is 0 Å². The second kappa shape index (κ2) is 6.89. The lowest BCUT2D eigenvalue weighted by Gasteiger charge is -2.14. The molecule has 2 aromatic heterocycles. The van der Waals surface area contributed by atoms with Crippen molar-refractivity contribution in [1.82, 2.24) is 24.9 Å². The zero-order valence-electron chi connectivity index (χ0n) is 12.5. The third kappa shape index (κ3) is 3.93. The summed E-state index contributed by atoms with van der Waals surface area (Å²) in [5, 5.41) is 11.4. The normalized spacial score (nSPS) is 12.4. The Balaban J connectivity index is 1.88. The van der Waals surface area contributed by atoms with Crippen LogP contribution in [0.15, 0.2) is 23.1 Å². The minimum Gasteiger partial charge on any atom is -0.349 e. The van der Waals surface area contributed by atoms with Crippen LogP contribution in [0.3, 0.4) is 0 Å². The molecule has 0 saturated carbocycles. The Hall–Kier alpha value is -1.63. The Morgan fingerprint density at radius 1 is 1.43 bits per heavy atom. The molecular weight excluding hydrogens is 334 g/mol. The van der Waals surface area contributed by atoms with Gasteiger partial charge in [-0.2, -0.15) is 10.2 Å². The average Bonchev–Trinajstić information content (AvgIpc) is 3.02. The highest BCUT2D eigenvalue weighted by Gasteiger charge is 2.15. The summed E-state index contributed by atoms with van der Waals surface area (Å²) >= 11 is 3.33. The smallest absolute Gasteiger partial charge is 0.222 e. The summed E-state index contributed by atoms with van der Waals surface area (Å²) in [4.78, 5) is 12.0. The molecule has 0 radical (unpaired) electrons. The van der Waals surface area contributed by atoms with Gasteiger partial charge in [-0.3, -0.25) is 14.2 Å². The van der Waals surface area contributed by atoms with Crippen molar-refractivity contribution >= 4 is 21.8 Å². The number of aromatic nitrogens is 4. The third-order valence-electron chi connectivity index (χ3n) is 3.45. The van der Waals surface area contributed by atoms with Crippen LogP contribution in [0.2, 0.25) is 0 Å². The van der Waals surface area contributed by atoms with Crippen molar-refractivity contribution in [3.63, 3.8) is 0 Å². The number of hydrogen-bond donors (Lipinski definition) is 1. The molecule has 2 heterocycles. The minimum atomic E-state index is -0.0397. The highest BCUT2D eigenvalue weighted by atomic mass is 79.9. The number of aryl methyl sites for hydroxylation is 2. The van der Waals surface area contributed by atoms with Crippen LogP contribution >= 0.6 is 15.9 Å². The van der Waals surface area contributed by atoms with E-state index in [9.17, 15) is 4.79 Å². The molecule has 0 aliphatic heterocycles. The summed E-state index contributed by atoms with van der Waals surface area (Å²) < 4.78 is 4.59. The van der Waals surface area contributed by atoms with E-state index in [0.29, 0.717) is 13.0 Å². The molecule has 6 nitrogen and oxygen atoms in total. The number of amides is 1. The predicted octanol–water partition coefficient (Wildman–Crippen LogP) is 2.44. The lowest BCUT2D eigenvalue weighted by Crippen LogP contribution is -2.27. The fourth-order valence-corrected chi connectivity index (χ4v) is 2.60. The van der Waals surface area contributed by atoms with Crippen molar-refractivity contribution in [2.75, 3.05) is 0 Å². The molecule has 0 bridgehead atoms. The van der Waals surface area contributed by atoms with Crippen molar-refractivity contribution in [2.45, 2.75) is 46.3 Å². The van der Waals surface area contributed by atoms with Gasteiger partial charge < -0.3 is 5.32 Å². The van der Waals surface area contributed by atoms with Crippen molar-refractivity contribution in [1.29, 1.82) is 0 Å². The van der Waals surface area contributed by atoms with Gasteiger partial charge in [-0.15, -0.1) is 0 Å². The van der Waals surface area contributed by atoms with Gasteiger partial charge >= 0.3 is 0 Å². The molecule has 1 N–H and O–H groups in total. The maximum atomic E-state index is 12.0. The summed E-state index contributed by atoms with van der Waals surface area (Å²) in [6, 6.07) is -0.0397. The number of hydrogen-bond acceptors (Lipinski definition) is 3. The van der Waals surface area contributed by atoms with Crippen molar-refractivity contribution < 1.29 is 4.79 Å². The Bertz CT molecular complexity index is 619. The first-order valence-corrected chi connectivity index (χ1v) is 7.80. The van der Waals surface area contributed by atoms with Crippen LogP contribution in [0.5, 0.6) is 0 Å². The van der Waals surface area contributed by atoms with E-state index in [0.717, 1.165) is 22.3 Å². The number of carbonyl (C=O) groups is 1. The lowest BCUT2D eigenvalue weighted by molar-refractivity contribution is -0.122. The van der Waals surface area contributed by atoms with Crippen molar-refractivity contribution in [3.05, 3.63) is 34.3 Å². The van der Waals surface area contributed by atoms with Gasteiger partial charge in [0.2, 0.25) is 5.91 Å². The van der Waals surface area contributed by atoms with E-state index in [1.807, 2.05) is 30.9 Å². The molecular formula is C14H20BrN5O. The molecule has 0 aromatic carbocycles. The second-order valence-corrected chi connectivity index (χ2v) is 5.88. The van der Waals surface area contributed by atoms with Crippen LogP contribution < -0.4 is 5.32 Å². The van der Waals surface area contributed by atoms with Gasteiger partial charge in [0.05, 0.1) is 22.9 Å². The Morgan fingerprint density at radius 3 is 2.76 bits per heavy atom. The first kappa shape index (κ1) is 15.8. The molecule has 114 valence electrons. The molecule has 7 heteroatoms. The van der Waals surface area contributed by atoms with Crippen molar-refractivity contribution in [3.8, 4) is 0 Å². The predicted molar refractivity (Wildman–Crippen MR) is 83.7 cm³/mol. The lowest BCUT2D eigenvalue weighted by atomic mass is 10.1. The largest absolute Gasteiger partial charge is 0.349 e. The highest BCUT2D eigenvalue weighted by Crippen LogP contribution is 2.16. The topological polar surface area (TPSA) is 64.7 Å². The van der Waals surface area contributed by atoms with Crippen LogP contribution in [0.4, 0.5) is 0 Å². The molecule has 0 fully saturated rings. The van der Waals surface area contributed by atoms with Gasteiger partial charge in [-0.1, -0.05) is 0 Å². The van der Waals surface area contributed by atoms with E-state index in [2.05, 4.69) is 38.4 Å². The van der Waals surface area contributed by atoms with Crippen LogP contribution in [-0.2, 0) is 17.9 Å². The molecule has 0 aliphatic carbocycles. The van der Waals surface area contributed by atoms with Gasteiger partial charge in [0.1, 0.15) is 0 Å². The highest BCUT2D eigenvalue weighted by molar-refractivity contribution is 9.10. The summed E-state index contributed by atoms with van der Waals surface area (Å²) in [6.45, 7) is 7.45. The number of halogens is 1. The monoisotopic (exact) mass is 353 g/mol. The summed E-state index contributed by atoms with van der Waals surface area (Å²) in [7, 11) is 0. The van der Waals surface area contributed by atoms with Gasteiger partial charge in [0, 0.05) is 37.0 Å². The molecule has 0 saturated heterocycles. The standard InChI is InChI=1S/C14H20BrN5O/c1-4-20-11(3)13(8-17-20)10(2)18-14(21)5-6-19-9-12(15)7-16-19/h7-10H,4-6H2,1-3H3,(H,18,21). The maximum Gasteiger partial charge on any atom is 0.222 e. The van der Waals surface area contributed by atoms with E-state index in [4.69, 9.17) is 0 Å².